The summed E-state index contributed by atoms with van der Waals surface area (Å²) >= 11 is 0. The molecule has 4 heterocycles. The van der Waals surface area contributed by atoms with E-state index in [-0.39, 0.29) is 0 Å². The number of aryl methyl sites for hydroxylation is 2. The summed E-state index contributed by atoms with van der Waals surface area (Å²) in [6, 6.07) is 6.16. The first kappa shape index (κ1) is 16.6. The minimum Gasteiger partial charge on any atom is -0.477 e. The van der Waals surface area contributed by atoms with Crippen LogP contribution in [0.15, 0.2) is 24.4 Å². The summed E-state index contributed by atoms with van der Waals surface area (Å²) in [5, 5.41) is 20.2. The molecule has 2 bridgehead atoms. The monoisotopic (exact) mass is 376 g/mol. The van der Waals surface area contributed by atoms with E-state index in [2.05, 4.69) is 31.6 Å². The number of H-pyrrole nitrogens is 2. The van der Waals surface area contributed by atoms with E-state index in [4.69, 9.17) is 9.47 Å². The lowest BCUT2D eigenvalue weighted by molar-refractivity contribution is 0.232. The van der Waals surface area contributed by atoms with Crippen LogP contribution in [0, 0.1) is 6.92 Å². The third-order valence-electron chi connectivity index (χ3n) is 4.92. The highest BCUT2D eigenvalue weighted by Crippen LogP contribution is 2.33. The Hall–Kier alpha value is -3.55. The van der Waals surface area contributed by atoms with Crippen molar-refractivity contribution in [2.45, 2.75) is 13.3 Å². The molecule has 1 aliphatic rings. The molecular formula is C20H20N6O2. The zero-order chi connectivity index (χ0) is 19.1. The SMILES string of the molecule is Cc1[nH]nc2c1/C=C/c1[nH]nc3ccc(cc13)-c1cnn(C)c1OCCCO2. The van der Waals surface area contributed by atoms with Gasteiger partial charge in [-0.25, -0.2) is 4.68 Å². The lowest BCUT2D eigenvalue weighted by Crippen LogP contribution is -2.08. The van der Waals surface area contributed by atoms with E-state index in [0.717, 1.165) is 51.3 Å². The molecule has 0 atom stereocenters. The Kier molecular flexibility index (Phi) is 3.89. The van der Waals surface area contributed by atoms with Crippen molar-refractivity contribution in [2.75, 3.05) is 13.2 Å². The van der Waals surface area contributed by atoms with Gasteiger partial charge in [0.2, 0.25) is 11.8 Å². The first-order valence-corrected chi connectivity index (χ1v) is 9.20. The van der Waals surface area contributed by atoms with Gasteiger partial charge in [0.25, 0.3) is 0 Å². The normalized spacial score (nSPS) is 15.2. The molecule has 8 heteroatoms. The van der Waals surface area contributed by atoms with E-state index in [1.54, 1.807) is 4.68 Å². The summed E-state index contributed by atoms with van der Waals surface area (Å²) < 4.78 is 13.6. The van der Waals surface area contributed by atoms with Crippen LogP contribution in [0.5, 0.6) is 11.8 Å². The number of nitrogens with zero attached hydrogens (tertiary/aromatic N) is 4. The smallest absolute Gasteiger partial charge is 0.240 e. The van der Waals surface area contributed by atoms with Crippen LogP contribution in [-0.4, -0.2) is 43.4 Å². The molecule has 1 aromatic carbocycles. The number of ether oxygens (including phenoxy) is 2. The maximum Gasteiger partial charge on any atom is 0.240 e. The van der Waals surface area contributed by atoms with Crippen molar-refractivity contribution in [2.24, 2.45) is 7.05 Å². The number of hydrogen-bond acceptors (Lipinski definition) is 5. The zero-order valence-corrected chi connectivity index (χ0v) is 15.7. The molecule has 4 aromatic rings. The van der Waals surface area contributed by atoms with Gasteiger partial charge in [0.15, 0.2) is 0 Å². The Morgan fingerprint density at radius 1 is 1.07 bits per heavy atom. The predicted octanol–water partition coefficient (Wildman–Crippen LogP) is 3.33. The second-order valence-electron chi connectivity index (χ2n) is 6.81. The highest BCUT2D eigenvalue weighted by molar-refractivity contribution is 5.93. The largest absolute Gasteiger partial charge is 0.477 e. The van der Waals surface area contributed by atoms with Crippen LogP contribution < -0.4 is 9.47 Å². The first-order valence-electron chi connectivity index (χ1n) is 9.20. The van der Waals surface area contributed by atoms with E-state index < -0.39 is 0 Å². The number of fused-ring (bicyclic) bond motifs is 4. The van der Waals surface area contributed by atoms with E-state index in [0.29, 0.717) is 19.1 Å². The second kappa shape index (κ2) is 6.56. The third-order valence-corrected chi connectivity index (χ3v) is 4.92. The van der Waals surface area contributed by atoms with Crippen molar-refractivity contribution in [1.29, 1.82) is 0 Å². The van der Waals surface area contributed by atoms with Crippen LogP contribution in [0.1, 0.15) is 23.4 Å². The molecule has 0 unspecified atom stereocenters. The summed E-state index contributed by atoms with van der Waals surface area (Å²) in [5.41, 5.74) is 5.71. The van der Waals surface area contributed by atoms with Crippen molar-refractivity contribution < 1.29 is 9.47 Å². The maximum atomic E-state index is 6.03. The number of benzene rings is 1. The fourth-order valence-electron chi connectivity index (χ4n) is 3.41. The Labute approximate surface area is 161 Å². The fourth-order valence-corrected chi connectivity index (χ4v) is 3.41. The molecule has 0 spiro atoms. The first-order chi connectivity index (χ1) is 13.7. The van der Waals surface area contributed by atoms with E-state index >= 15 is 0 Å². The number of aromatic nitrogens is 6. The fraction of sp³-hybridized carbons (Fsp3) is 0.250. The van der Waals surface area contributed by atoms with Crippen LogP contribution in [0.3, 0.4) is 0 Å². The van der Waals surface area contributed by atoms with Gasteiger partial charge in [-0.1, -0.05) is 6.07 Å². The topological polar surface area (TPSA) is 93.6 Å². The molecule has 2 N–H and O–H groups in total. The average molecular weight is 376 g/mol. The number of aromatic amines is 2. The second-order valence-corrected chi connectivity index (χ2v) is 6.81. The van der Waals surface area contributed by atoms with Crippen molar-refractivity contribution in [3.63, 3.8) is 0 Å². The average Bonchev–Trinajstić information content (AvgIpc) is 3.37. The van der Waals surface area contributed by atoms with Gasteiger partial charge in [-0.05, 0) is 36.8 Å². The van der Waals surface area contributed by atoms with Gasteiger partial charge in [-0.2, -0.15) is 10.2 Å². The molecule has 142 valence electrons. The summed E-state index contributed by atoms with van der Waals surface area (Å²) in [4.78, 5) is 0. The van der Waals surface area contributed by atoms with Gasteiger partial charge in [-0.3, -0.25) is 10.2 Å². The quantitative estimate of drug-likeness (QED) is 0.491. The van der Waals surface area contributed by atoms with Crippen molar-refractivity contribution in [3.05, 3.63) is 41.3 Å². The highest BCUT2D eigenvalue weighted by Gasteiger charge is 2.15. The lowest BCUT2D eigenvalue weighted by Gasteiger charge is -2.09. The molecule has 5 rings (SSSR count). The summed E-state index contributed by atoms with van der Waals surface area (Å²) in [5.74, 6) is 1.33. The van der Waals surface area contributed by atoms with E-state index in [1.807, 2.05) is 44.5 Å². The van der Waals surface area contributed by atoms with Gasteiger partial charge in [0.1, 0.15) is 0 Å². The van der Waals surface area contributed by atoms with Gasteiger partial charge in [-0.15, -0.1) is 5.10 Å². The Morgan fingerprint density at radius 3 is 2.89 bits per heavy atom. The Bertz CT molecular complexity index is 1180. The van der Waals surface area contributed by atoms with Crippen LogP contribution >= 0.6 is 0 Å². The van der Waals surface area contributed by atoms with Gasteiger partial charge < -0.3 is 9.47 Å². The van der Waals surface area contributed by atoms with Crippen LogP contribution in [0.4, 0.5) is 0 Å². The summed E-state index contributed by atoms with van der Waals surface area (Å²) in [6.45, 7) is 3.02. The van der Waals surface area contributed by atoms with E-state index in [1.165, 1.54) is 0 Å². The summed E-state index contributed by atoms with van der Waals surface area (Å²) in [6.07, 6.45) is 6.57. The van der Waals surface area contributed by atoms with Crippen LogP contribution in [-0.2, 0) is 7.05 Å². The number of nitrogens with one attached hydrogen (secondary N) is 2. The molecule has 0 aliphatic carbocycles. The van der Waals surface area contributed by atoms with Crippen molar-refractivity contribution >= 4 is 23.1 Å². The molecule has 3 aromatic heterocycles. The number of rotatable bonds is 0. The molecule has 0 saturated carbocycles. The van der Waals surface area contributed by atoms with Gasteiger partial charge in [0.05, 0.1) is 41.7 Å². The third kappa shape index (κ3) is 2.74. The van der Waals surface area contributed by atoms with Crippen molar-refractivity contribution in [3.8, 4) is 22.9 Å². The molecule has 1 aliphatic heterocycles. The highest BCUT2D eigenvalue weighted by atomic mass is 16.5. The summed E-state index contributed by atoms with van der Waals surface area (Å²) in [7, 11) is 1.88. The molecule has 0 radical (unpaired) electrons. The van der Waals surface area contributed by atoms with E-state index in [9.17, 15) is 0 Å². The minimum atomic E-state index is 0.514. The maximum absolute atomic E-state index is 6.03. The van der Waals surface area contributed by atoms with Crippen LogP contribution in [0.25, 0.3) is 34.2 Å². The molecule has 0 saturated heterocycles. The molecule has 0 fully saturated rings. The number of hydrogen-bond donors (Lipinski definition) is 2. The Balaban J connectivity index is 1.66. The molecule has 0 amide bonds. The Morgan fingerprint density at radius 2 is 1.96 bits per heavy atom. The molecule has 8 nitrogen and oxygen atoms in total. The predicted molar refractivity (Wildman–Crippen MR) is 106 cm³/mol. The lowest BCUT2D eigenvalue weighted by atomic mass is 10.1. The van der Waals surface area contributed by atoms with Crippen LogP contribution in [0.2, 0.25) is 0 Å². The molecule has 28 heavy (non-hydrogen) atoms. The molecular weight excluding hydrogens is 356 g/mol. The van der Waals surface area contributed by atoms with Crippen molar-refractivity contribution in [1.82, 2.24) is 30.2 Å². The minimum absolute atomic E-state index is 0.514. The zero-order valence-electron chi connectivity index (χ0n) is 15.7. The van der Waals surface area contributed by atoms with Gasteiger partial charge in [0, 0.05) is 24.5 Å². The van der Waals surface area contributed by atoms with Gasteiger partial charge >= 0.3 is 0 Å². The standard InChI is InChI=1S/C20H20N6O2/c1-12-14-5-7-18-15-10-13(4-6-17(15)23-24-18)16-11-21-26(2)20(16)28-9-3-8-27-19(14)25-22-12/h4-7,10-11H,3,8-9H2,1-2H3,(H,22,25)(H,23,24)/b7-5+.